The minimum Gasteiger partial charge on any atom is -0.456 e. The number of benzene rings is 7. The topological polar surface area (TPSA) is 19.6 Å². The van der Waals surface area contributed by atoms with Gasteiger partial charge in [0.15, 0.2) is 0 Å². The first-order chi connectivity index (χ1) is 30.7. The van der Waals surface area contributed by atoms with Crippen LogP contribution < -0.4 is 26.2 Å². The van der Waals surface area contributed by atoms with Crippen molar-refractivity contribution in [2.24, 2.45) is 5.41 Å². The molecule has 12 rings (SSSR count). The maximum atomic E-state index is 6.64. The number of nitrogens with zero attached hydrogens (tertiary/aromatic N) is 2. The van der Waals surface area contributed by atoms with Gasteiger partial charge in [-0.25, -0.2) is 0 Å². The molecule has 8 aromatic rings. The Morgan fingerprint density at radius 1 is 0.609 bits per heavy atom. The Bertz CT molecular complexity index is 3140. The summed E-state index contributed by atoms with van der Waals surface area (Å²) in [6, 6.07) is 53.5. The van der Waals surface area contributed by atoms with Crippen molar-refractivity contribution < 1.29 is 4.42 Å². The number of fused-ring (bicyclic) bond motifs is 10. The molecule has 3 heterocycles. The van der Waals surface area contributed by atoms with Gasteiger partial charge in [0.25, 0.3) is 0 Å². The van der Waals surface area contributed by atoms with E-state index in [-0.39, 0.29) is 28.4 Å². The van der Waals surface area contributed by atoms with E-state index in [1.165, 1.54) is 75.7 Å². The molecule has 0 spiro atoms. The van der Waals surface area contributed by atoms with Crippen LogP contribution in [0.5, 0.6) is 0 Å². The van der Waals surface area contributed by atoms with Gasteiger partial charge in [-0.05, 0) is 146 Å². The smallest absolute Gasteiger partial charge is 0.247 e. The zero-order valence-electron chi connectivity index (χ0n) is 39.1. The highest BCUT2D eigenvalue weighted by Crippen LogP contribution is 2.67. The molecule has 4 heteroatoms. The van der Waals surface area contributed by atoms with Crippen molar-refractivity contribution in [3.05, 3.63) is 173 Å². The summed E-state index contributed by atoms with van der Waals surface area (Å²) < 4.78 is 6.64. The number of hydrogen-bond acceptors (Lipinski definition) is 3. The van der Waals surface area contributed by atoms with Crippen molar-refractivity contribution in [2.45, 2.75) is 110 Å². The largest absolute Gasteiger partial charge is 0.456 e. The molecule has 0 amide bonds. The molecule has 3 unspecified atom stereocenters. The Hall–Kier alpha value is -6.00. The molecule has 1 saturated carbocycles. The van der Waals surface area contributed by atoms with Crippen molar-refractivity contribution in [1.29, 1.82) is 0 Å². The molecule has 1 aromatic heterocycles. The summed E-state index contributed by atoms with van der Waals surface area (Å²) in [5, 5.41) is 2.30. The van der Waals surface area contributed by atoms with Gasteiger partial charge in [0.1, 0.15) is 11.2 Å². The Kier molecular flexibility index (Phi) is 8.36. The summed E-state index contributed by atoms with van der Waals surface area (Å²) >= 11 is 0. The molecule has 7 aromatic carbocycles. The van der Waals surface area contributed by atoms with E-state index in [0.717, 1.165) is 44.7 Å². The van der Waals surface area contributed by atoms with Crippen molar-refractivity contribution in [3.63, 3.8) is 0 Å². The number of rotatable bonds is 4. The Labute approximate surface area is 380 Å². The first kappa shape index (κ1) is 39.6. The predicted octanol–water partition coefficient (Wildman–Crippen LogP) is 14.6. The van der Waals surface area contributed by atoms with E-state index >= 15 is 0 Å². The van der Waals surface area contributed by atoms with E-state index in [2.05, 4.69) is 212 Å². The van der Waals surface area contributed by atoms with Gasteiger partial charge in [-0.2, -0.15) is 0 Å². The van der Waals surface area contributed by atoms with Gasteiger partial charge in [0.2, 0.25) is 6.71 Å². The average Bonchev–Trinajstić information content (AvgIpc) is 3.76. The van der Waals surface area contributed by atoms with Crippen molar-refractivity contribution in [3.8, 4) is 0 Å². The van der Waals surface area contributed by atoms with Crippen LogP contribution in [0.15, 0.2) is 144 Å². The highest BCUT2D eigenvalue weighted by atomic mass is 16.3. The third-order valence-corrected chi connectivity index (χ3v) is 16.5. The molecule has 4 aliphatic rings. The number of aryl methyl sites for hydroxylation is 1. The molecule has 2 aliphatic carbocycles. The van der Waals surface area contributed by atoms with Gasteiger partial charge in [-0.1, -0.05) is 153 Å². The lowest BCUT2D eigenvalue weighted by Crippen LogP contribution is -2.62. The van der Waals surface area contributed by atoms with Crippen LogP contribution in [0, 0.1) is 12.3 Å². The normalized spacial score (nSPS) is 20.9. The number of para-hydroxylation sites is 1. The fourth-order valence-electron chi connectivity index (χ4n) is 13.0. The third kappa shape index (κ3) is 5.47. The average molecular weight is 835 g/mol. The van der Waals surface area contributed by atoms with E-state index in [0.29, 0.717) is 5.92 Å². The van der Waals surface area contributed by atoms with E-state index in [9.17, 15) is 0 Å². The minimum absolute atomic E-state index is 0.0515. The summed E-state index contributed by atoms with van der Waals surface area (Å²) in [5.41, 5.74) is 22.4. The second-order valence-corrected chi connectivity index (χ2v) is 22.2. The van der Waals surface area contributed by atoms with E-state index in [4.69, 9.17) is 4.42 Å². The predicted molar refractivity (Wildman–Crippen MR) is 272 cm³/mol. The summed E-state index contributed by atoms with van der Waals surface area (Å²) in [5.74, 6) is 0.352. The first-order valence-corrected chi connectivity index (χ1v) is 23.8. The van der Waals surface area contributed by atoms with Crippen LogP contribution in [0.3, 0.4) is 0 Å². The summed E-state index contributed by atoms with van der Waals surface area (Å²) in [7, 11) is 0. The standard InChI is InChI=1S/C60H59BN2O/c1-37-34-44-55-54-45(59(8)32-12-13-33-60(55,59)9)17-14-18-47(54)61-46-31-30-42(62(40-26-22-38(23-27-40)57(2,3)4)41-28-24-39(25-29-41)58(5,6)7)36-49(46)63(50(35-37)56(44)61)48-19-15-21-52-53(48)43-16-10-11-20-51(43)64-52/h10-11,14-31,34-36,55H,12-13,32-33H2,1-9H3. The molecule has 2 aliphatic heterocycles. The Balaban J connectivity index is 1.15. The maximum Gasteiger partial charge on any atom is 0.247 e. The van der Waals surface area contributed by atoms with Gasteiger partial charge in [0.05, 0.1) is 11.1 Å². The van der Waals surface area contributed by atoms with Crippen LogP contribution in [0.25, 0.3) is 21.9 Å². The lowest BCUT2D eigenvalue weighted by Gasteiger charge is -2.51. The number of anilines is 6. The molecule has 0 bridgehead atoms. The van der Waals surface area contributed by atoms with Crippen molar-refractivity contribution in [1.82, 2.24) is 0 Å². The lowest BCUT2D eigenvalue weighted by atomic mass is 9.30. The number of furan rings is 1. The quantitative estimate of drug-likeness (QED) is 0.165. The fourth-order valence-corrected chi connectivity index (χ4v) is 13.0. The molecule has 3 nitrogen and oxygen atoms in total. The van der Waals surface area contributed by atoms with E-state index in [1.807, 2.05) is 0 Å². The van der Waals surface area contributed by atoms with E-state index in [1.54, 1.807) is 11.1 Å². The monoisotopic (exact) mass is 834 g/mol. The van der Waals surface area contributed by atoms with Crippen LogP contribution >= 0.6 is 0 Å². The Morgan fingerprint density at radius 2 is 1.25 bits per heavy atom. The lowest BCUT2D eigenvalue weighted by molar-refractivity contribution is 0.0926. The van der Waals surface area contributed by atoms with Crippen LogP contribution in [-0.2, 0) is 16.2 Å². The van der Waals surface area contributed by atoms with Gasteiger partial charge in [0, 0.05) is 39.7 Å². The zero-order chi connectivity index (χ0) is 44.1. The van der Waals surface area contributed by atoms with E-state index < -0.39 is 0 Å². The molecule has 3 atom stereocenters. The molecule has 1 fully saturated rings. The van der Waals surface area contributed by atoms with Crippen molar-refractivity contribution in [2.75, 3.05) is 9.80 Å². The molecule has 64 heavy (non-hydrogen) atoms. The van der Waals surface area contributed by atoms with Crippen molar-refractivity contribution >= 4 is 79.2 Å². The molecule has 0 radical (unpaired) electrons. The molecule has 0 N–H and O–H groups in total. The van der Waals surface area contributed by atoms with Crippen LogP contribution in [0.2, 0.25) is 0 Å². The van der Waals surface area contributed by atoms with Gasteiger partial charge >= 0.3 is 0 Å². The van der Waals surface area contributed by atoms with Gasteiger partial charge in [-0.15, -0.1) is 0 Å². The molecular formula is C60H59BN2O. The first-order valence-electron chi connectivity index (χ1n) is 23.8. The summed E-state index contributed by atoms with van der Waals surface area (Å²) in [4.78, 5) is 5.09. The highest BCUT2D eigenvalue weighted by molar-refractivity contribution is 6.99. The zero-order valence-corrected chi connectivity index (χ0v) is 39.1. The molecular weight excluding hydrogens is 775 g/mol. The second-order valence-electron chi connectivity index (χ2n) is 22.2. The minimum atomic E-state index is 0.0515. The van der Waals surface area contributed by atoms with Crippen LogP contribution in [-0.4, -0.2) is 6.71 Å². The maximum absolute atomic E-state index is 6.64. The van der Waals surface area contributed by atoms with Gasteiger partial charge < -0.3 is 14.2 Å². The molecule has 318 valence electrons. The SMILES string of the molecule is Cc1cc2c3c(c1)N(c1cccc4oc5ccccc5c14)c1cc(N(c4ccc(C(C)(C)C)cc4)c4ccc(C(C)(C)C)cc4)ccc1B3c1cccc3c1C2C1(C)CCCCC31C. The second kappa shape index (κ2) is 13.5. The summed E-state index contributed by atoms with van der Waals surface area (Å²) in [6.07, 6.45) is 5.10. The molecule has 0 saturated heterocycles. The van der Waals surface area contributed by atoms with Crippen LogP contribution in [0.1, 0.15) is 120 Å². The fraction of sp³-hybridized carbons (Fsp3) is 0.300. The van der Waals surface area contributed by atoms with Crippen LogP contribution in [0.4, 0.5) is 34.1 Å². The highest BCUT2D eigenvalue weighted by Gasteiger charge is 2.62. The number of hydrogen-bond donors (Lipinski definition) is 0. The third-order valence-electron chi connectivity index (χ3n) is 16.5. The summed E-state index contributed by atoms with van der Waals surface area (Å²) in [6.45, 7) is 21.4. The van der Waals surface area contributed by atoms with Gasteiger partial charge in [-0.3, -0.25) is 0 Å². The Morgan fingerprint density at radius 3 is 1.95 bits per heavy atom.